The van der Waals surface area contributed by atoms with Crippen molar-refractivity contribution in [1.82, 2.24) is 15.1 Å². The summed E-state index contributed by atoms with van der Waals surface area (Å²) < 4.78 is 1.40. The number of hydrogen-bond donors (Lipinski definition) is 2. The number of nitrogens with two attached hydrogens (primary N) is 1. The average Bonchev–Trinajstić information content (AvgIpc) is 2.65. The smallest absolute Gasteiger partial charge is 0.309 e. The molecule has 0 saturated heterocycles. The van der Waals surface area contributed by atoms with Crippen LogP contribution in [0.1, 0.15) is 12.1 Å². The maximum Gasteiger partial charge on any atom is 0.309 e. The normalized spacial score (nSPS) is 10.2. The number of nitro groups is 1. The standard InChI is InChI=1S/C9H15N5O3/c1-7-8(14(16)17)6-13(12-7)5-2-9(15)11-4-3-10/h6H,2-5,10H2,1H3,(H,11,15). The van der Waals surface area contributed by atoms with E-state index in [0.717, 1.165) is 0 Å². The van der Waals surface area contributed by atoms with Crippen molar-refractivity contribution in [2.24, 2.45) is 5.73 Å². The number of rotatable bonds is 6. The van der Waals surface area contributed by atoms with Crippen LogP contribution in [0.25, 0.3) is 0 Å². The molecule has 0 aromatic carbocycles. The number of carbonyl (C=O) groups is 1. The van der Waals surface area contributed by atoms with Crippen LogP contribution >= 0.6 is 0 Å². The molecule has 1 amide bonds. The molecule has 1 aromatic rings. The van der Waals surface area contributed by atoms with Gasteiger partial charge in [0.2, 0.25) is 5.91 Å². The summed E-state index contributed by atoms with van der Waals surface area (Å²) in [5.41, 5.74) is 5.54. The Labute approximate surface area is 97.9 Å². The van der Waals surface area contributed by atoms with E-state index in [1.165, 1.54) is 10.9 Å². The van der Waals surface area contributed by atoms with Gasteiger partial charge in [0.25, 0.3) is 0 Å². The molecule has 0 unspecified atom stereocenters. The molecule has 0 aliphatic carbocycles. The molecule has 0 saturated carbocycles. The van der Waals surface area contributed by atoms with Gasteiger partial charge in [-0.1, -0.05) is 0 Å². The van der Waals surface area contributed by atoms with E-state index in [1.54, 1.807) is 6.92 Å². The largest absolute Gasteiger partial charge is 0.355 e. The van der Waals surface area contributed by atoms with Gasteiger partial charge in [-0.3, -0.25) is 19.6 Å². The zero-order valence-electron chi connectivity index (χ0n) is 9.55. The maximum atomic E-state index is 11.3. The summed E-state index contributed by atoms with van der Waals surface area (Å²) in [4.78, 5) is 21.3. The molecule has 0 radical (unpaired) electrons. The van der Waals surface area contributed by atoms with Crippen molar-refractivity contribution in [3.8, 4) is 0 Å². The Morgan fingerprint density at radius 1 is 1.71 bits per heavy atom. The zero-order valence-corrected chi connectivity index (χ0v) is 9.55. The Balaban J connectivity index is 2.50. The van der Waals surface area contributed by atoms with Crippen molar-refractivity contribution in [3.05, 3.63) is 22.0 Å². The van der Waals surface area contributed by atoms with Gasteiger partial charge in [0, 0.05) is 26.1 Å². The second-order valence-corrected chi connectivity index (χ2v) is 3.51. The molecule has 0 aliphatic heterocycles. The van der Waals surface area contributed by atoms with Gasteiger partial charge in [-0.2, -0.15) is 5.10 Å². The summed E-state index contributed by atoms with van der Waals surface area (Å²) in [5, 5.41) is 17.1. The first kappa shape index (κ1) is 13.1. The zero-order chi connectivity index (χ0) is 12.8. The number of aromatic nitrogens is 2. The lowest BCUT2D eigenvalue weighted by atomic mass is 10.4. The first-order valence-electron chi connectivity index (χ1n) is 5.19. The summed E-state index contributed by atoms with van der Waals surface area (Å²) >= 11 is 0. The molecule has 1 rings (SSSR count). The van der Waals surface area contributed by atoms with Crippen molar-refractivity contribution in [2.45, 2.75) is 19.9 Å². The van der Waals surface area contributed by atoms with Crippen LogP contribution in [0.2, 0.25) is 0 Å². The van der Waals surface area contributed by atoms with Crippen LogP contribution in [0.5, 0.6) is 0 Å². The highest BCUT2D eigenvalue weighted by molar-refractivity contribution is 5.75. The van der Waals surface area contributed by atoms with Crippen molar-refractivity contribution in [2.75, 3.05) is 13.1 Å². The van der Waals surface area contributed by atoms with E-state index in [-0.39, 0.29) is 18.0 Å². The molecule has 0 atom stereocenters. The highest BCUT2D eigenvalue weighted by Gasteiger charge is 2.15. The molecule has 0 aliphatic rings. The monoisotopic (exact) mass is 241 g/mol. The average molecular weight is 241 g/mol. The number of aryl methyl sites for hydroxylation is 2. The van der Waals surface area contributed by atoms with E-state index in [4.69, 9.17) is 5.73 Å². The van der Waals surface area contributed by atoms with Crippen LogP contribution in [0.3, 0.4) is 0 Å². The summed E-state index contributed by atoms with van der Waals surface area (Å²) in [6.07, 6.45) is 1.55. The van der Waals surface area contributed by atoms with Gasteiger partial charge in [-0.25, -0.2) is 0 Å². The number of amides is 1. The number of nitrogens with one attached hydrogen (secondary N) is 1. The third-order valence-corrected chi connectivity index (χ3v) is 2.15. The minimum absolute atomic E-state index is 0.0348. The molecule has 0 spiro atoms. The Morgan fingerprint density at radius 3 is 2.94 bits per heavy atom. The Kier molecular flexibility index (Phi) is 4.58. The Hall–Kier alpha value is -1.96. The molecule has 94 valence electrons. The predicted octanol–water partition coefficient (Wildman–Crippen LogP) is -0.435. The summed E-state index contributed by atoms with van der Waals surface area (Å²) in [6, 6.07) is 0. The lowest BCUT2D eigenvalue weighted by molar-refractivity contribution is -0.385. The van der Waals surface area contributed by atoms with Crippen LogP contribution in [0.4, 0.5) is 5.69 Å². The molecule has 8 nitrogen and oxygen atoms in total. The van der Waals surface area contributed by atoms with E-state index in [0.29, 0.717) is 25.3 Å². The van der Waals surface area contributed by atoms with Gasteiger partial charge >= 0.3 is 5.69 Å². The first-order chi connectivity index (χ1) is 8.04. The van der Waals surface area contributed by atoms with E-state index in [9.17, 15) is 14.9 Å². The third kappa shape index (κ3) is 3.83. The fraction of sp³-hybridized carbons (Fsp3) is 0.556. The molecule has 3 N–H and O–H groups in total. The molecule has 8 heteroatoms. The van der Waals surface area contributed by atoms with E-state index in [1.807, 2.05) is 0 Å². The van der Waals surface area contributed by atoms with Gasteiger partial charge in [0.05, 0.1) is 4.92 Å². The molecule has 0 bridgehead atoms. The van der Waals surface area contributed by atoms with Gasteiger partial charge in [-0.05, 0) is 6.92 Å². The van der Waals surface area contributed by atoms with Crippen molar-refractivity contribution in [1.29, 1.82) is 0 Å². The molecule has 1 heterocycles. The van der Waals surface area contributed by atoms with Gasteiger partial charge in [0.15, 0.2) is 0 Å². The van der Waals surface area contributed by atoms with Crippen LogP contribution in [0.15, 0.2) is 6.20 Å². The Morgan fingerprint density at radius 2 is 2.41 bits per heavy atom. The van der Waals surface area contributed by atoms with Crippen LogP contribution < -0.4 is 11.1 Å². The fourth-order valence-corrected chi connectivity index (χ4v) is 1.32. The quantitative estimate of drug-likeness (QED) is 0.517. The third-order valence-electron chi connectivity index (χ3n) is 2.15. The molecular formula is C9H15N5O3. The van der Waals surface area contributed by atoms with E-state index in [2.05, 4.69) is 10.4 Å². The number of nitrogens with zero attached hydrogens (tertiary/aromatic N) is 3. The predicted molar refractivity (Wildman–Crippen MR) is 60.3 cm³/mol. The maximum absolute atomic E-state index is 11.3. The van der Waals surface area contributed by atoms with Crippen LogP contribution in [0, 0.1) is 17.0 Å². The summed E-state index contributed by atoms with van der Waals surface area (Å²) in [5.74, 6) is -0.147. The second kappa shape index (κ2) is 5.94. The molecular weight excluding hydrogens is 226 g/mol. The topological polar surface area (TPSA) is 116 Å². The number of hydrogen-bond acceptors (Lipinski definition) is 5. The highest BCUT2D eigenvalue weighted by atomic mass is 16.6. The van der Waals surface area contributed by atoms with Crippen LogP contribution in [-0.2, 0) is 11.3 Å². The fourth-order valence-electron chi connectivity index (χ4n) is 1.32. The lowest BCUT2D eigenvalue weighted by Crippen LogP contribution is -2.29. The molecule has 0 fully saturated rings. The highest BCUT2D eigenvalue weighted by Crippen LogP contribution is 2.14. The lowest BCUT2D eigenvalue weighted by Gasteiger charge is -2.02. The van der Waals surface area contributed by atoms with Gasteiger partial charge < -0.3 is 11.1 Å². The number of carbonyl (C=O) groups excluding carboxylic acids is 1. The van der Waals surface area contributed by atoms with Crippen LogP contribution in [-0.4, -0.2) is 33.7 Å². The first-order valence-corrected chi connectivity index (χ1v) is 5.19. The van der Waals surface area contributed by atoms with Gasteiger partial charge in [-0.15, -0.1) is 0 Å². The summed E-state index contributed by atoms with van der Waals surface area (Å²) in [6.45, 7) is 2.68. The Bertz CT molecular complexity index is 415. The SMILES string of the molecule is Cc1nn(CCC(=O)NCCN)cc1[N+](=O)[O-]. The minimum Gasteiger partial charge on any atom is -0.355 e. The van der Waals surface area contributed by atoms with E-state index >= 15 is 0 Å². The van der Waals surface area contributed by atoms with Crippen molar-refractivity contribution in [3.63, 3.8) is 0 Å². The minimum atomic E-state index is -0.493. The van der Waals surface area contributed by atoms with Crippen molar-refractivity contribution < 1.29 is 9.72 Å². The van der Waals surface area contributed by atoms with E-state index < -0.39 is 4.92 Å². The van der Waals surface area contributed by atoms with Gasteiger partial charge in [0.1, 0.15) is 11.9 Å². The summed E-state index contributed by atoms with van der Waals surface area (Å²) in [7, 11) is 0. The second-order valence-electron chi connectivity index (χ2n) is 3.51. The molecule has 1 aromatic heterocycles. The molecule has 17 heavy (non-hydrogen) atoms. The van der Waals surface area contributed by atoms with Crippen molar-refractivity contribution >= 4 is 11.6 Å².